The average Bonchev–Trinajstić information content (AvgIpc) is 2.88. The fraction of sp³-hybridized carbons (Fsp3) is 0.0667. The number of carbonyl (C=O) groups is 1. The molecule has 1 aromatic carbocycles. The van der Waals surface area contributed by atoms with Crippen molar-refractivity contribution in [2.75, 3.05) is 11.6 Å². The van der Waals surface area contributed by atoms with Gasteiger partial charge in [0.25, 0.3) is 0 Å². The second kappa shape index (κ2) is 5.69. The molecule has 3 rings (SSSR count). The topological polar surface area (TPSA) is 78.0 Å². The van der Waals surface area contributed by atoms with Gasteiger partial charge in [-0.1, -0.05) is 0 Å². The summed E-state index contributed by atoms with van der Waals surface area (Å²) in [6.07, 6.45) is 4.95. The largest absolute Gasteiger partial charge is 0.477 e. The van der Waals surface area contributed by atoms with Gasteiger partial charge in [0.05, 0.1) is 16.9 Å². The molecule has 0 radical (unpaired) electrons. The van der Waals surface area contributed by atoms with Crippen molar-refractivity contribution < 1.29 is 14.3 Å². The Morgan fingerprint density at radius 3 is 2.91 bits per heavy atom. The number of benzene rings is 1. The lowest BCUT2D eigenvalue weighted by Gasteiger charge is -2.09. The van der Waals surface area contributed by atoms with Crippen LogP contribution < -0.4 is 5.32 Å². The number of nitrogens with zero attached hydrogens (tertiary/aromatic N) is 1. The average molecular weight is 317 g/mol. The number of halogens is 1. The summed E-state index contributed by atoms with van der Waals surface area (Å²) in [4.78, 5) is 19.0. The van der Waals surface area contributed by atoms with Crippen molar-refractivity contribution in [2.45, 2.75) is 4.90 Å². The first kappa shape index (κ1) is 14.4. The smallest absolute Gasteiger partial charge is 0.354 e. The van der Waals surface area contributed by atoms with Crippen LogP contribution in [0.3, 0.4) is 0 Å². The summed E-state index contributed by atoms with van der Waals surface area (Å²) in [7, 11) is 0. The Kier molecular flexibility index (Phi) is 3.72. The number of fused-ring (bicyclic) bond motifs is 1. The van der Waals surface area contributed by atoms with Gasteiger partial charge in [-0.2, -0.15) is 0 Å². The molecule has 0 saturated heterocycles. The Morgan fingerprint density at radius 1 is 1.41 bits per heavy atom. The highest BCUT2D eigenvalue weighted by Gasteiger charge is 2.18. The highest BCUT2D eigenvalue weighted by molar-refractivity contribution is 7.98. The summed E-state index contributed by atoms with van der Waals surface area (Å²) in [6.45, 7) is 0. The molecule has 0 aliphatic heterocycles. The second-order valence-electron chi connectivity index (χ2n) is 4.57. The fourth-order valence-electron chi connectivity index (χ4n) is 2.18. The van der Waals surface area contributed by atoms with Crippen LogP contribution in [0.4, 0.5) is 15.8 Å². The number of H-pyrrole nitrogens is 1. The molecule has 0 fully saturated rings. The number of carboxylic acids is 1. The zero-order valence-corrected chi connectivity index (χ0v) is 12.4. The molecule has 7 heteroatoms. The van der Waals surface area contributed by atoms with Gasteiger partial charge in [-0.05, 0) is 30.5 Å². The Bertz CT molecular complexity index is 863. The van der Waals surface area contributed by atoms with E-state index in [1.165, 1.54) is 24.0 Å². The van der Waals surface area contributed by atoms with E-state index in [-0.39, 0.29) is 11.4 Å². The lowest BCUT2D eigenvalue weighted by Crippen LogP contribution is -2.02. The number of hydrogen-bond donors (Lipinski definition) is 3. The highest BCUT2D eigenvalue weighted by Crippen LogP contribution is 2.32. The first-order valence-electron chi connectivity index (χ1n) is 6.39. The quantitative estimate of drug-likeness (QED) is 0.637. The maximum atomic E-state index is 14.1. The van der Waals surface area contributed by atoms with E-state index in [9.17, 15) is 14.3 Å². The number of carboxylic acid groups (broad SMARTS) is 1. The van der Waals surface area contributed by atoms with Gasteiger partial charge >= 0.3 is 5.97 Å². The van der Waals surface area contributed by atoms with Gasteiger partial charge in [-0.15, -0.1) is 11.8 Å². The SMILES string of the molecule is CSc1ccc(Nc2c(C(=O)O)[nH]c3ccncc23)c(F)c1. The molecule has 0 bridgehead atoms. The standard InChI is InChI=1S/C15H12FN3O2S/c1-22-8-2-3-12(10(16)6-8)19-13-9-7-17-5-4-11(9)18-14(13)15(20)21/h2-7,18-19H,1H3,(H,20,21). The molecular weight excluding hydrogens is 305 g/mol. The summed E-state index contributed by atoms with van der Waals surface area (Å²) in [5.41, 5.74) is 1.10. The third kappa shape index (κ3) is 2.50. The fourth-order valence-corrected chi connectivity index (χ4v) is 2.61. The lowest BCUT2D eigenvalue weighted by atomic mass is 10.2. The molecule has 0 aliphatic carbocycles. The molecule has 0 saturated carbocycles. The van der Waals surface area contributed by atoms with Gasteiger partial charge in [0.15, 0.2) is 0 Å². The molecule has 2 aromatic heterocycles. The zero-order valence-electron chi connectivity index (χ0n) is 11.6. The zero-order chi connectivity index (χ0) is 15.7. The van der Waals surface area contributed by atoms with Crippen LogP contribution in [0.1, 0.15) is 10.5 Å². The maximum absolute atomic E-state index is 14.1. The molecule has 0 spiro atoms. The minimum Gasteiger partial charge on any atom is -0.477 e. The van der Waals surface area contributed by atoms with Crippen LogP contribution in [0.2, 0.25) is 0 Å². The van der Waals surface area contributed by atoms with Crippen molar-refractivity contribution in [3.05, 3.63) is 48.2 Å². The van der Waals surface area contributed by atoms with Gasteiger partial charge < -0.3 is 15.4 Å². The Balaban J connectivity index is 2.10. The highest BCUT2D eigenvalue weighted by atomic mass is 32.2. The molecule has 0 unspecified atom stereocenters. The minimum absolute atomic E-state index is 0.0312. The first-order valence-corrected chi connectivity index (χ1v) is 7.62. The Hall–Kier alpha value is -2.54. The number of thioether (sulfide) groups is 1. The van der Waals surface area contributed by atoms with Gasteiger partial charge in [0, 0.05) is 22.7 Å². The van der Waals surface area contributed by atoms with Crippen molar-refractivity contribution in [1.29, 1.82) is 0 Å². The molecule has 2 heterocycles. The number of anilines is 2. The lowest BCUT2D eigenvalue weighted by molar-refractivity contribution is 0.0692. The van der Waals surface area contributed by atoms with E-state index in [0.29, 0.717) is 16.6 Å². The summed E-state index contributed by atoms with van der Waals surface area (Å²) < 4.78 is 14.1. The number of nitrogens with one attached hydrogen (secondary N) is 2. The molecular formula is C15H12FN3O2S. The molecule has 5 nitrogen and oxygen atoms in total. The number of aromatic nitrogens is 2. The first-order chi connectivity index (χ1) is 10.6. The molecule has 3 N–H and O–H groups in total. The summed E-state index contributed by atoms with van der Waals surface area (Å²) in [6, 6.07) is 6.42. The third-order valence-electron chi connectivity index (χ3n) is 3.25. The summed E-state index contributed by atoms with van der Waals surface area (Å²) in [5.74, 6) is -1.57. The Labute approximate surface area is 129 Å². The van der Waals surface area contributed by atoms with Gasteiger partial charge in [-0.3, -0.25) is 4.98 Å². The monoisotopic (exact) mass is 317 g/mol. The van der Waals surface area contributed by atoms with E-state index in [1.807, 2.05) is 6.26 Å². The van der Waals surface area contributed by atoms with Crippen LogP contribution in [0, 0.1) is 5.82 Å². The molecule has 0 atom stereocenters. The number of hydrogen-bond acceptors (Lipinski definition) is 4. The Morgan fingerprint density at radius 2 is 2.23 bits per heavy atom. The predicted octanol–water partition coefficient (Wildman–Crippen LogP) is 3.87. The van der Waals surface area contributed by atoms with Crippen LogP contribution in [0.5, 0.6) is 0 Å². The van der Waals surface area contributed by atoms with Crippen LogP contribution in [0.25, 0.3) is 10.9 Å². The minimum atomic E-state index is -1.13. The molecule has 3 aromatic rings. The van der Waals surface area contributed by atoms with Crippen molar-refractivity contribution in [3.8, 4) is 0 Å². The van der Waals surface area contributed by atoms with E-state index in [2.05, 4.69) is 15.3 Å². The van der Waals surface area contributed by atoms with Crippen LogP contribution in [0.15, 0.2) is 41.6 Å². The van der Waals surface area contributed by atoms with Crippen molar-refractivity contribution in [2.24, 2.45) is 0 Å². The predicted molar refractivity (Wildman–Crippen MR) is 84.5 cm³/mol. The van der Waals surface area contributed by atoms with E-state index in [1.54, 1.807) is 24.4 Å². The van der Waals surface area contributed by atoms with E-state index in [4.69, 9.17) is 0 Å². The number of aromatic carboxylic acids is 1. The molecule has 112 valence electrons. The van der Waals surface area contributed by atoms with Gasteiger partial charge in [0.1, 0.15) is 11.5 Å². The van der Waals surface area contributed by atoms with Crippen LogP contribution in [-0.2, 0) is 0 Å². The van der Waals surface area contributed by atoms with Crippen molar-refractivity contribution >= 4 is 40.0 Å². The number of aromatic amines is 1. The van der Waals surface area contributed by atoms with E-state index < -0.39 is 11.8 Å². The third-order valence-corrected chi connectivity index (χ3v) is 3.98. The van der Waals surface area contributed by atoms with Crippen LogP contribution in [-0.4, -0.2) is 27.3 Å². The number of pyridine rings is 1. The van der Waals surface area contributed by atoms with E-state index >= 15 is 0 Å². The van der Waals surface area contributed by atoms with Gasteiger partial charge in [0.2, 0.25) is 0 Å². The normalized spacial score (nSPS) is 10.8. The summed E-state index contributed by atoms with van der Waals surface area (Å²) >= 11 is 1.43. The van der Waals surface area contributed by atoms with Crippen molar-refractivity contribution in [1.82, 2.24) is 9.97 Å². The molecule has 22 heavy (non-hydrogen) atoms. The van der Waals surface area contributed by atoms with Crippen LogP contribution >= 0.6 is 11.8 Å². The maximum Gasteiger partial charge on any atom is 0.354 e. The van der Waals surface area contributed by atoms with Crippen molar-refractivity contribution in [3.63, 3.8) is 0 Å². The second-order valence-corrected chi connectivity index (χ2v) is 5.45. The molecule has 0 aliphatic rings. The van der Waals surface area contributed by atoms with E-state index in [0.717, 1.165) is 4.90 Å². The number of rotatable bonds is 4. The molecule has 0 amide bonds. The van der Waals surface area contributed by atoms with Gasteiger partial charge in [-0.25, -0.2) is 9.18 Å². The summed E-state index contributed by atoms with van der Waals surface area (Å²) in [5, 5.41) is 12.8.